The molecule has 21 heavy (non-hydrogen) atoms. The second-order valence-corrected chi connectivity index (χ2v) is 4.12. The Morgan fingerprint density at radius 3 is 2.43 bits per heavy atom. The number of carbonyl (C=O) groups is 2. The van der Waals surface area contributed by atoms with Gasteiger partial charge < -0.3 is 9.84 Å². The highest BCUT2D eigenvalue weighted by Gasteiger charge is 2.50. The molecule has 0 unspecified atom stereocenters. The topological polar surface area (TPSA) is 66.8 Å². The van der Waals surface area contributed by atoms with Gasteiger partial charge >= 0.3 is 24.2 Å². The van der Waals surface area contributed by atoms with Crippen molar-refractivity contribution >= 4 is 17.6 Å². The van der Waals surface area contributed by atoms with Crippen LogP contribution in [0.4, 0.5) is 27.6 Å². The third kappa shape index (κ3) is 2.88. The summed E-state index contributed by atoms with van der Waals surface area (Å²) in [6.07, 6.45) is -9.42. The number of nitrogens with zero attached hydrogens (tertiary/aromatic N) is 1. The summed E-state index contributed by atoms with van der Waals surface area (Å²) in [7, 11) is 0. The Kier molecular flexibility index (Phi) is 3.27. The molecule has 114 valence electrons. The first kappa shape index (κ1) is 15.0. The molecule has 1 aromatic carbocycles. The number of rotatable bonds is 1. The highest BCUT2D eigenvalue weighted by atomic mass is 19.4. The van der Waals surface area contributed by atoms with Crippen LogP contribution in [0, 0.1) is 0 Å². The molecule has 0 saturated carbocycles. The van der Waals surface area contributed by atoms with Crippen molar-refractivity contribution in [3.63, 3.8) is 0 Å². The summed E-state index contributed by atoms with van der Waals surface area (Å²) < 4.78 is 68.0. The normalized spacial score (nSPS) is 16.9. The lowest BCUT2D eigenvalue weighted by Gasteiger charge is -2.34. The number of anilines is 1. The van der Waals surface area contributed by atoms with E-state index in [-0.39, 0.29) is 4.90 Å². The molecule has 1 aliphatic rings. The van der Waals surface area contributed by atoms with E-state index < -0.39 is 47.7 Å². The highest BCUT2D eigenvalue weighted by molar-refractivity contribution is 6.00. The number of ether oxygens (including phenoxy) is 1. The van der Waals surface area contributed by atoms with Gasteiger partial charge in [0.2, 0.25) is 0 Å². The van der Waals surface area contributed by atoms with Crippen LogP contribution in [0.1, 0.15) is 10.4 Å². The minimum atomic E-state index is -5.35. The van der Waals surface area contributed by atoms with Crippen LogP contribution >= 0.6 is 0 Å². The predicted molar refractivity (Wildman–Crippen MR) is 57.4 cm³/mol. The molecule has 1 aromatic rings. The van der Waals surface area contributed by atoms with E-state index in [9.17, 15) is 31.5 Å². The third-order valence-electron chi connectivity index (χ3n) is 2.59. The molecular formula is C11H6F5NO4. The Morgan fingerprint density at radius 1 is 1.29 bits per heavy atom. The molecular weight excluding hydrogens is 305 g/mol. The van der Waals surface area contributed by atoms with Gasteiger partial charge in [-0.1, -0.05) is 0 Å². The molecule has 1 heterocycles. The molecule has 10 heteroatoms. The maximum Gasteiger partial charge on any atom is 0.471 e. The smallest absolute Gasteiger partial charge is 0.471 e. The predicted octanol–water partition coefficient (Wildman–Crippen LogP) is 2.27. The fraction of sp³-hybridized carbons (Fsp3) is 0.273. The van der Waals surface area contributed by atoms with Crippen molar-refractivity contribution in [2.45, 2.75) is 12.3 Å². The number of carboxylic acids is 1. The Hall–Kier alpha value is -2.39. The quantitative estimate of drug-likeness (QED) is 0.808. The van der Waals surface area contributed by atoms with Gasteiger partial charge in [-0.3, -0.25) is 9.69 Å². The van der Waals surface area contributed by atoms with E-state index in [4.69, 9.17) is 5.11 Å². The number of carbonyl (C=O) groups excluding carboxylic acids is 1. The number of amides is 1. The average Bonchev–Trinajstić information content (AvgIpc) is 2.33. The second-order valence-electron chi connectivity index (χ2n) is 4.12. The number of hydrogen-bond acceptors (Lipinski definition) is 3. The summed E-state index contributed by atoms with van der Waals surface area (Å²) in [4.78, 5) is 21.7. The maximum absolute atomic E-state index is 13.3. The number of halogens is 5. The van der Waals surface area contributed by atoms with Crippen LogP contribution in [0.15, 0.2) is 18.2 Å². The summed E-state index contributed by atoms with van der Waals surface area (Å²) in [5.74, 6) is -4.79. The summed E-state index contributed by atoms with van der Waals surface area (Å²) in [5, 5.41) is 8.72. The Bertz CT molecular complexity index is 613. The van der Waals surface area contributed by atoms with Crippen LogP contribution in [0.25, 0.3) is 0 Å². The lowest BCUT2D eigenvalue weighted by atomic mass is 10.1. The van der Waals surface area contributed by atoms with Crippen molar-refractivity contribution in [1.82, 2.24) is 0 Å². The van der Waals surface area contributed by atoms with Gasteiger partial charge in [0.05, 0.1) is 11.3 Å². The first-order chi connectivity index (χ1) is 9.51. The van der Waals surface area contributed by atoms with Gasteiger partial charge in [-0.05, 0) is 18.2 Å². The van der Waals surface area contributed by atoms with Gasteiger partial charge in [-0.2, -0.15) is 22.0 Å². The van der Waals surface area contributed by atoms with Gasteiger partial charge in [0.15, 0.2) is 5.75 Å². The standard InChI is InChI=1S/C11H6F5NO4/c12-10(13)4-17(9(20)11(14,15)16)6-2-1-5(8(18)19)3-7(6)21-10/h1-3H,4H2,(H,18,19). The van der Waals surface area contributed by atoms with Crippen LogP contribution in [0.2, 0.25) is 0 Å². The number of benzene rings is 1. The Balaban J connectivity index is 2.52. The molecule has 2 rings (SSSR count). The SMILES string of the molecule is O=C(O)c1ccc2c(c1)OC(F)(F)CN2C(=O)C(F)(F)F. The monoisotopic (exact) mass is 311 g/mol. The molecule has 1 N–H and O–H groups in total. The zero-order valence-electron chi connectivity index (χ0n) is 9.95. The Morgan fingerprint density at radius 2 is 1.90 bits per heavy atom. The summed E-state index contributed by atoms with van der Waals surface area (Å²) in [6.45, 7) is -1.62. The number of aromatic carboxylic acids is 1. The lowest BCUT2D eigenvalue weighted by molar-refractivity contribution is -0.186. The van der Waals surface area contributed by atoms with Crippen molar-refractivity contribution < 1.29 is 41.4 Å². The molecule has 0 saturated heterocycles. The van der Waals surface area contributed by atoms with E-state index in [0.717, 1.165) is 12.1 Å². The van der Waals surface area contributed by atoms with Gasteiger partial charge in [0.25, 0.3) is 0 Å². The van der Waals surface area contributed by atoms with E-state index in [0.29, 0.717) is 6.07 Å². The minimum absolute atomic E-state index is 0.190. The highest BCUT2D eigenvalue weighted by Crippen LogP contribution is 2.40. The third-order valence-corrected chi connectivity index (χ3v) is 2.59. The first-order valence-corrected chi connectivity index (χ1v) is 5.34. The molecule has 0 aromatic heterocycles. The molecule has 0 aliphatic carbocycles. The zero-order valence-corrected chi connectivity index (χ0v) is 9.95. The van der Waals surface area contributed by atoms with Gasteiger partial charge in [0, 0.05) is 0 Å². The van der Waals surface area contributed by atoms with E-state index in [1.807, 2.05) is 0 Å². The first-order valence-electron chi connectivity index (χ1n) is 5.34. The van der Waals surface area contributed by atoms with Crippen LogP contribution in [0.5, 0.6) is 5.75 Å². The molecule has 0 spiro atoms. The molecule has 5 nitrogen and oxygen atoms in total. The molecule has 0 bridgehead atoms. The molecule has 0 radical (unpaired) electrons. The summed E-state index contributed by atoms with van der Waals surface area (Å²) in [6, 6.07) is 2.31. The number of hydrogen-bond donors (Lipinski definition) is 1. The second kappa shape index (κ2) is 4.57. The van der Waals surface area contributed by atoms with Crippen molar-refractivity contribution in [2.75, 3.05) is 11.4 Å². The summed E-state index contributed by atoms with van der Waals surface area (Å²) in [5.41, 5.74) is -1.04. The largest absolute Gasteiger partial charge is 0.478 e. The van der Waals surface area contributed by atoms with Gasteiger partial charge in [-0.25, -0.2) is 4.79 Å². The molecule has 1 aliphatic heterocycles. The van der Waals surface area contributed by atoms with Crippen LogP contribution in [0.3, 0.4) is 0 Å². The fourth-order valence-electron chi connectivity index (χ4n) is 1.75. The Labute approximate surface area is 113 Å². The van der Waals surface area contributed by atoms with Crippen molar-refractivity contribution in [2.24, 2.45) is 0 Å². The van der Waals surface area contributed by atoms with Crippen molar-refractivity contribution in [1.29, 1.82) is 0 Å². The van der Waals surface area contributed by atoms with E-state index in [2.05, 4.69) is 4.74 Å². The van der Waals surface area contributed by atoms with Crippen molar-refractivity contribution in [3.8, 4) is 5.75 Å². The lowest BCUT2D eigenvalue weighted by Crippen LogP contribution is -2.51. The van der Waals surface area contributed by atoms with Crippen LogP contribution in [-0.4, -0.2) is 35.8 Å². The molecule has 0 fully saturated rings. The van der Waals surface area contributed by atoms with Gasteiger partial charge in [-0.15, -0.1) is 0 Å². The summed E-state index contributed by atoms with van der Waals surface area (Å²) >= 11 is 0. The van der Waals surface area contributed by atoms with Crippen molar-refractivity contribution in [3.05, 3.63) is 23.8 Å². The van der Waals surface area contributed by atoms with Gasteiger partial charge in [0.1, 0.15) is 6.54 Å². The van der Waals surface area contributed by atoms with Crippen LogP contribution in [-0.2, 0) is 4.79 Å². The minimum Gasteiger partial charge on any atom is -0.478 e. The van der Waals surface area contributed by atoms with E-state index in [1.54, 1.807) is 0 Å². The molecule has 1 amide bonds. The maximum atomic E-state index is 13.3. The fourth-order valence-corrected chi connectivity index (χ4v) is 1.75. The zero-order chi connectivity index (χ0) is 16.0. The molecule has 0 atom stereocenters. The van der Waals surface area contributed by atoms with E-state index in [1.165, 1.54) is 0 Å². The average molecular weight is 311 g/mol. The van der Waals surface area contributed by atoms with E-state index >= 15 is 0 Å². The van der Waals surface area contributed by atoms with Crippen LogP contribution < -0.4 is 9.64 Å². The number of fused-ring (bicyclic) bond motifs is 1. The number of alkyl halides is 5. The number of carboxylic acid groups (broad SMARTS) is 1.